The van der Waals surface area contributed by atoms with Crippen molar-refractivity contribution >= 4 is 40.6 Å². The van der Waals surface area contributed by atoms with Crippen LogP contribution in [-0.2, 0) is 34.6 Å². The van der Waals surface area contributed by atoms with Crippen LogP contribution in [0.5, 0.6) is 6.01 Å². The maximum Gasteiger partial charge on any atom is 0.318 e. The number of nitrogens with two attached hydrogens (primary N) is 1. The van der Waals surface area contributed by atoms with Crippen LogP contribution in [0.25, 0.3) is 0 Å². The van der Waals surface area contributed by atoms with Crippen molar-refractivity contribution in [3.05, 3.63) is 56.3 Å². The van der Waals surface area contributed by atoms with Gasteiger partial charge in [-0.15, -0.1) is 0 Å². The van der Waals surface area contributed by atoms with Gasteiger partial charge in [-0.3, -0.25) is 14.7 Å². The number of halogens is 3. The second kappa shape index (κ2) is 12.2. The minimum atomic E-state index is -0.852. The molecule has 5 aliphatic rings. The van der Waals surface area contributed by atoms with Crippen molar-refractivity contribution < 1.29 is 18.7 Å². The molecule has 1 aromatic heterocycles. The van der Waals surface area contributed by atoms with Gasteiger partial charge in [-0.2, -0.15) is 9.97 Å². The van der Waals surface area contributed by atoms with Crippen LogP contribution >= 0.6 is 23.2 Å². The summed E-state index contributed by atoms with van der Waals surface area (Å²) < 4.78 is 27.7. The smallest absolute Gasteiger partial charge is 0.318 e. The molecule has 2 saturated heterocycles. The van der Waals surface area contributed by atoms with Crippen molar-refractivity contribution in [3.63, 3.8) is 0 Å². The van der Waals surface area contributed by atoms with E-state index in [9.17, 15) is 9.18 Å². The Morgan fingerprint density at radius 1 is 1.22 bits per heavy atom. The quantitative estimate of drug-likeness (QED) is 0.457. The van der Waals surface area contributed by atoms with Gasteiger partial charge in [0.05, 0.1) is 40.7 Å². The highest BCUT2D eigenvalue weighted by molar-refractivity contribution is 6.45. The first kappa shape index (κ1) is 31.6. The van der Waals surface area contributed by atoms with Crippen LogP contribution in [0.1, 0.15) is 54.5 Å². The van der Waals surface area contributed by atoms with Crippen LogP contribution in [0.15, 0.2) is 33.9 Å². The van der Waals surface area contributed by atoms with E-state index in [0.717, 1.165) is 66.1 Å². The van der Waals surface area contributed by atoms with Crippen molar-refractivity contribution in [3.8, 4) is 6.01 Å². The van der Waals surface area contributed by atoms with E-state index in [1.165, 1.54) is 4.90 Å². The Morgan fingerprint density at radius 3 is 2.89 bits per heavy atom. The lowest BCUT2D eigenvalue weighted by Crippen LogP contribution is -2.43. The van der Waals surface area contributed by atoms with Crippen molar-refractivity contribution in [1.29, 1.82) is 0 Å². The predicted molar refractivity (Wildman–Crippen MR) is 175 cm³/mol. The molecule has 1 aliphatic carbocycles. The fourth-order valence-corrected chi connectivity index (χ4v) is 8.39. The predicted octanol–water partition coefficient (Wildman–Crippen LogP) is 4.15. The molecule has 2 aromatic rings. The lowest BCUT2D eigenvalue weighted by molar-refractivity contribution is -0.124. The van der Waals surface area contributed by atoms with E-state index in [1.807, 2.05) is 12.1 Å². The van der Waals surface area contributed by atoms with Gasteiger partial charge in [-0.25, -0.2) is 4.39 Å². The molecule has 2 N–H and O–H groups in total. The number of amides is 1. The summed E-state index contributed by atoms with van der Waals surface area (Å²) in [6.45, 7) is 3.45. The first-order valence-electron chi connectivity index (χ1n) is 16.1. The van der Waals surface area contributed by atoms with E-state index in [1.54, 1.807) is 14.1 Å². The Balaban J connectivity index is 1.25. The Labute approximate surface area is 278 Å². The molecule has 5 heterocycles. The number of anilines is 1. The molecule has 1 amide bonds. The first-order valence-corrected chi connectivity index (χ1v) is 16.8. The lowest BCUT2D eigenvalue weighted by Gasteiger charge is -2.37. The summed E-state index contributed by atoms with van der Waals surface area (Å²) in [7, 11) is 3.25. The number of aliphatic imine (C=N–C) groups is 1. The first-order chi connectivity index (χ1) is 22.1. The summed E-state index contributed by atoms with van der Waals surface area (Å²) in [5.74, 6) is 0.309. The van der Waals surface area contributed by atoms with E-state index in [4.69, 9.17) is 53.4 Å². The lowest BCUT2D eigenvalue weighted by atomic mass is 9.87. The molecule has 1 spiro atoms. The zero-order chi connectivity index (χ0) is 32.2. The van der Waals surface area contributed by atoms with Gasteiger partial charge in [-0.1, -0.05) is 35.3 Å². The molecule has 2 fully saturated rings. The number of carbonyl (C=O) groups excluding carboxylic acids is 1. The molecular weight excluding hydrogens is 632 g/mol. The third kappa shape index (κ3) is 5.52. The molecule has 246 valence electrons. The molecule has 0 saturated carbocycles. The molecular formula is C33H40Cl2FN7O3. The number of benzene rings is 1. The SMILES string of the molecule is CN(C)C(=O)C(N)=C(Cl)C1=NCCCN(c2nc(OC[C@@]34CCCN3CC(F)C4)nc3c2CO[C@@]2(CCc4c(Cl)cccc42)C3)C1. The zero-order valence-electron chi connectivity index (χ0n) is 26.3. The van der Waals surface area contributed by atoms with E-state index >= 15 is 0 Å². The van der Waals surface area contributed by atoms with Crippen LogP contribution in [0.4, 0.5) is 10.2 Å². The third-order valence-corrected chi connectivity index (χ3v) is 11.0. The molecule has 0 radical (unpaired) electrons. The van der Waals surface area contributed by atoms with Gasteiger partial charge in [0.1, 0.15) is 24.3 Å². The second-order valence-electron chi connectivity index (χ2n) is 13.4. The number of alkyl halides is 1. The molecule has 1 aromatic carbocycles. The number of ether oxygens (including phenoxy) is 2. The van der Waals surface area contributed by atoms with E-state index < -0.39 is 11.8 Å². The number of carbonyl (C=O) groups is 1. The number of likely N-dealkylation sites (N-methyl/N-ethyl adjacent to an activating group) is 1. The summed E-state index contributed by atoms with van der Waals surface area (Å²) in [5, 5.41) is 0.898. The highest BCUT2D eigenvalue weighted by Crippen LogP contribution is 2.49. The maximum absolute atomic E-state index is 14.5. The number of aromatic nitrogens is 2. The number of nitrogens with zero attached hydrogens (tertiary/aromatic N) is 6. The van der Waals surface area contributed by atoms with E-state index in [2.05, 4.69) is 15.9 Å². The van der Waals surface area contributed by atoms with Crippen LogP contribution in [0.3, 0.4) is 0 Å². The second-order valence-corrected chi connectivity index (χ2v) is 14.2. The van der Waals surface area contributed by atoms with E-state index in [-0.39, 0.29) is 28.2 Å². The monoisotopic (exact) mass is 671 g/mol. The molecule has 13 heteroatoms. The number of hydrogen-bond donors (Lipinski definition) is 1. The summed E-state index contributed by atoms with van der Waals surface area (Å²) in [6, 6.07) is 6.27. The van der Waals surface area contributed by atoms with Crippen LogP contribution in [0, 0.1) is 0 Å². The summed E-state index contributed by atoms with van der Waals surface area (Å²) >= 11 is 13.3. The van der Waals surface area contributed by atoms with Crippen molar-refractivity contribution in [2.24, 2.45) is 10.7 Å². The average Bonchev–Trinajstić information content (AvgIpc) is 3.61. The zero-order valence-corrected chi connectivity index (χ0v) is 27.8. The van der Waals surface area contributed by atoms with Gasteiger partial charge in [0, 0.05) is 57.2 Å². The number of rotatable bonds is 6. The Hall–Kier alpha value is -2.99. The largest absolute Gasteiger partial charge is 0.461 e. The minimum Gasteiger partial charge on any atom is -0.461 e. The van der Waals surface area contributed by atoms with Gasteiger partial charge < -0.3 is 25.0 Å². The molecule has 0 bridgehead atoms. The summed E-state index contributed by atoms with van der Waals surface area (Å²) in [4.78, 5) is 33.0. The molecule has 3 atom stereocenters. The number of hydrogen-bond acceptors (Lipinski definition) is 9. The maximum atomic E-state index is 14.5. The van der Waals surface area contributed by atoms with Crippen molar-refractivity contribution in [1.82, 2.24) is 19.8 Å². The average molecular weight is 673 g/mol. The fraction of sp³-hybridized carbons (Fsp3) is 0.576. The van der Waals surface area contributed by atoms with Crippen LogP contribution in [0.2, 0.25) is 5.02 Å². The van der Waals surface area contributed by atoms with Gasteiger partial charge >= 0.3 is 6.01 Å². The standard InChI is InChI=1S/C33H40Cl2FN7O3/c1-41(2)30(44)28(37)27(35)26-17-42(12-5-11-38-26)29-22-18-46-33(10-8-21-23(33)6-3-7-24(21)34)15-25(22)39-31(40-29)45-19-32-9-4-13-43(32)16-20(36)14-32/h3,6-7,20H,4-5,8-19,37H2,1-2H3/t20?,32-,33-/m0/s1. The van der Waals surface area contributed by atoms with Crippen LogP contribution < -0.4 is 15.4 Å². The molecule has 10 nitrogen and oxygen atoms in total. The van der Waals surface area contributed by atoms with Gasteiger partial charge in [0.15, 0.2) is 0 Å². The van der Waals surface area contributed by atoms with Gasteiger partial charge in [0.25, 0.3) is 5.91 Å². The molecule has 4 aliphatic heterocycles. The number of fused-ring (bicyclic) bond motifs is 4. The summed E-state index contributed by atoms with van der Waals surface area (Å²) in [5.41, 5.74) is 9.77. The highest BCUT2D eigenvalue weighted by Gasteiger charge is 2.50. The van der Waals surface area contributed by atoms with E-state index in [0.29, 0.717) is 63.8 Å². The Morgan fingerprint density at radius 2 is 2.07 bits per heavy atom. The summed E-state index contributed by atoms with van der Waals surface area (Å²) in [6.07, 6.45) is 4.46. The normalized spacial score (nSPS) is 27.9. The van der Waals surface area contributed by atoms with Gasteiger partial charge in [-0.05, 0) is 55.8 Å². The molecule has 1 unspecified atom stereocenters. The topological polar surface area (TPSA) is 109 Å². The minimum absolute atomic E-state index is 0.0482. The Bertz CT molecular complexity index is 1620. The third-order valence-electron chi connectivity index (χ3n) is 10.3. The van der Waals surface area contributed by atoms with Gasteiger partial charge in [0.2, 0.25) is 0 Å². The molecule has 7 rings (SSSR count). The fourth-order valence-electron chi connectivity index (χ4n) is 7.92. The highest BCUT2D eigenvalue weighted by atomic mass is 35.5. The van der Waals surface area contributed by atoms with Crippen molar-refractivity contribution in [2.75, 3.05) is 58.3 Å². The van der Waals surface area contributed by atoms with Crippen molar-refractivity contribution in [2.45, 2.75) is 68.9 Å². The van der Waals surface area contributed by atoms with Crippen LogP contribution in [-0.4, -0.2) is 96.5 Å². The Kier molecular flexibility index (Phi) is 8.40. The molecule has 46 heavy (non-hydrogen) atoms.